The highest BCUT2D eigenvalue weighted by Gasteiger charge is 2.29. The van der Waals surface area contributed by atoms with Crippen molar-refractivity contribution in [3.63, 3.8) is 0 Å². The summed E-state index contributed by atoms with van der Waals surface area (Å²) >= 11 is 1.85. The first kappa shape index (κ1) is 44.2. The average molecular weight is 989 g/mol. The normalized spacial score (nSPS) is 12.3. The zero-order chi connectivity index (χ0) is 50.4. The van der Waals surface area contributed by atoms with Gasteiger partial charge in [0.2, 0.25) is 0 Å². The molecule has 0 radical (unpaired) electrons. The second kappa shape index (κ2) is 17.7. The van der Waals surface area contributed by atoms with E-state index in [1.807, 2.05) is 11.3 Å². The summed E-state index contributed by atoms with van der Waals surface area (Å²) in [5, 5.41) is 14.4. The minimum atomic E-state index is -0.0518. The van der Waals surface area contributed by atoms with Gasteiger partial charge >= 0.3 is 0 Å². The van der Waals surface area contributed by atoms with Crippen molar-refractivity contribution in [2.75, 3.05) is 0 Å². The van der Waals surface area contributed by atoms with E-state index in [9.17, 15) is 0 Å². The van der Waals surface area contributed by atoms with Crippen LogP contribution in [0.4, 0.5) is 0 Å². The first-order valence-corrected chi connectivity index (χ1v) is 27.1. The van der Waals surface area contributed by atoms with E-state index in [0.717, 1.165) is 45.2 Å². The van der Waals surface area contributed by atoms with E-state index in [2.05, 4.69) is 255 Å². The largest absolute Gasteiger partial charge is 0.309 e. The van der Waals surface area contributed by atoms with Crippen LogP contribution in [0.5, 0.6) is 0 Å². The average Bonchev–Trinajstić information content (AvgIpc) is 4.10. The van der Waals surface area contributed by atoms with E-state index < -0.39 is 0 Å². The van der Waals surface area contributed by atoms with Crippen molar-refractivity contribution in [1.82, 2.24) is 19.5 Å². The number of benzene rings is 12. The Morgan fingerprint density at radius 2 is 0.987 bits per heavy atom. The minimum Gasteiger partial charge on any atom is -0.309 e. The molecule has 358 valence electrons. The molecular formula is C71H48N4S. The molecule has 0 aliphatic rings. The number of nitrogens with zero attached hydrogens (tertiary/aromatic N) is 4. The quantitative estimate of drug-likeness (QED) is 0.152. The van der Waals surface area contributed by atoms with Crippen molar-refractivity contribution < 1.29 is 0 Å². The highest BCUT2D eigenvalue weighted by atomic mass is 32.1. The van der Waals surface area contributed by atoms with Crippen molar-refractivity contribution in [1.29, 1.82) is 0 Å². The highest BCUT2D eigenvalue weighted by molar-refractivity contribution is 7.26. The summed E-state index contributed by atoms with van der Waals surface area (Å²) in [5.74, 6) is 1.86. The van der Waals surface area contributed by atoms with Crippen LogP contribution in [0, 0.1) is 6.92 Å². The molecule has 0 spiro atoms. The van der Waals surface area contributed by atoms with E-state index in [4.69, 9.17) is 15.0 Å². The fourth-order valence-corrected chi connectivity index (χ4v) is 13.4. The van der Waals surface area contributed by atoms with Crippen LogP contribution in [-0.4, -0.2) is 19.5 Å². The van der Waals surface area contributed by atoms with Gasteiger partial charge in [-0.1, -0.05) is 189 Å². The molecule has 0 saturated carbocycles. The standard InChI is InChI=1S/C71H48N4S/c1-3-54(66-55-26-14-13-18-45(55)31-34-59(66)60-39-48-21-10-9-19-46(48)37-43(60)2)58-35-36-64-67(61-40-49-22-11-12-23-50(49)42-65(61)76-64)68(58)71-73-69(51-30-29-44-17-7-8-20-47(44)38-51)72-70(74-71)52-32-33-57-56-27-15-16-28-62(56)75(63(57)41-52)53-24-5-4-6-25-53/h4-42,54H,3H2,1-2H3. The van der Waals surface area contributed by atoms with Crippen molar-refractivity contribution in [3.05, 3.63) is 253 Å². The second-order valence-electron chi connectivity index (χ2n) is 20.2. The van der Waals surface area contributed by atoms with Crippen LogP contribution in [0.25, 0.3) is 136 Å². The van der Waals surface area contributed by atoms with Gasteiger partial charge in [-0.05, 0) is 139 Å². The molecule has 12 aromatic carbocycles. The zero-order valence-corrected chi connectivity index (χ0v) is 42.8. The number of hydrogen-bond donors (Lipinski definition) is 0. The topological polar surface area (TPSA) is 43.6 Å². The van der Waals surface area contributed by atoms with E-state index in [1.54, 1.807) is 0 Å². The lowest BCUT2D eigenvalue weighted by Gasteiger charge is -2.26. The van der Waals surface area contributed by atoms with Crippen LogP contribution in [-0.2, 0) is 0 Å². The monoisotopic (exact) mass is 988 g/mol. The van der Waals surface area contributed by atoms with Gasteiger partial charge in [-0.3, -0.25) is 0 Å². The number of aryl methyl sites for hydroxylation is 1. The Hall–Kier alpha value is -9.29. The third-order valence-corrected chi connectivity index (χ3v) is 17.0. The van der Waals surface area contributed by atoms with E-state index >= 15 is 0 Å². The van der Waals surface area contributed by atoms with E-state index in [1.165, 1.54) is 96.5 Å². The number of hydrogen-bond acceptors (Lipinski definition) is 4. The molecular weight excluding hydrogens is 941 g/mol. The molecule has 0 aliphatic carbocycles. The molecule has 5 heteroatoms. The summed E-state index contributed by atoms with van der Waals surface area (Å²) in [6, 6.07) is 86.5. The van der Waals surface area contributed by atoms with E-state index in [-0.39, 0.29) is 5.92 Å². The van der Waals surface area contributed by atoms with Gasteiger partial charge in [0, 0.05) is 59.2 Å². The molecule has 0 bridgehead atoms. The maximum atomic E-state index is 5.76. The maximum Gasteiger partial charge on any atom is 0.165 e. The van der Waals surface area contributed by atoms with Gasteiger partial charge in [0.25, 0.3) is 0 Å². The number of aromatic nitrogens is 4. The molecule has 0 saturated heterocycles. The summed E-state index contributed by atoms with van der Waals surface area (Å²) in [5.41, 5.74) is 12.5. The van der Waals surface area contributed by atoms with Gasteiger partial charge in [0.05, 0.1) is 11.0 Å². The minimum absolute atomic E-state index is 0.0518. The molecule has 1 atom stereocenters. The zero-order valence-electron chi connectivity index (χ0n) is 42.0. The Bertz CT molecular complexity index is 4830. The summed E-state index contributed by atoms with van der Waals surface area (Å²) in [6.45, 7) is 4.61. The fraction of sp³-hybridized carbons (Fsp3) is 0.0563. The molecule has 0 fully saturated rings. The molecule has 0 amide bonds. The predicted octanol–water partition coefficient (Wildman–Crippen LogP) is 19.5. The molecule has 3 heterocycles. The SMILES string of the molecule is CCC(c1ccc2sc3cc4ccccc4cc3c2c1-c1nc(-c2ccc3ccccc3c2)nc(-c2ccc3c4ccccc4n(-c4ccccc4)c3c2)n1)c1c(-c2cc3ccccc3cc2C)ccc2ccccc12. The lowest BCUT2D eigenvalue weighted by molar-refractivity contribution is 0.786. The van der Waals surface area contributed by atoms with Gasteiger partial charge in [-0.25, -0.2) is 15.0 Å². The number of rotatable bonds is 8. The molecule has 3 aromatic heterocycles. The summed E-state index contributed by atoms with van der Waals surface area (Å²) < 4.78 is 4.80. The fourth-order valence-electron chi connectivity index (χ4n) is 12.3. The third kappa shape index (κ3) is 7.15. The predicted molar refractivity (Wildman–Crippen MR) is 322 cm³/mol. The number of fused-ring (bicyclic) bond motifs is 10. The first-order valence-electron chi connectivity index (χ1n) is 26.3. The Morgan fingerprint density at radius 1 is 0.408 bits per heavy atom. The highest BCUT2D eigenvalue weighted by Crippen LogP contribution is 2.49. The maximum absolute atomic E-state index is 5.76. The Balaban J connectivity index is 1.05. The number of thiophene rings is 1. The molecule has 4 nitrogen and oxygen atoms in total. The van der Waals surface area contributed by atoms with Crippen molar-refractivity contribution >= 4 is 96.4 Å². The smallest absolute Gasteiger partial charge is 0.165 e. The summed E-state index contributed by atoms with van der Waals surface area (Å²) in [7, 11) is 0. The van der Waals surface area contributed by atoms with Gasteiger partial charge in [-0.2, -0.15) is 0 Å². The Morgan fingerprint density at radius 3 is 1.75 bits per heavy atom. The third-order valence-electron chi connectivity index (χ3n) is 15.8. The van der Waals surface area contributed by atoms with Crippen LogP contribution in [0.1, 0.15) is 36.0 Å². The summed E-state index contributed by atoms with van der Waals surface area (Å²) in [4.78, 5) is 17.0. The van der Waals surface area contributed by atoms with Gasteiger partial charge in [-0.15, -0.1) is 11.3 Å². The van der Waals surface area contributed by atoms with Gasteiger partial charge < -0.3 is 4.57 Å². The van der Waals surface area contributed by atoms with Crippen molar-refractivity contribution in [3.8, 4) is 51.0 Å². The molecule has 76 heavy (non-hydrogen) atoms. The Kier molecular flexibility index (Phi) is 10.3. The van der Waals surface area contributed by atoms with E-state index in [0.29, 0.717) is 17.5 Å². The molecule has 15 rings (SSSR count). The lowest BCUT2D eigenvalue weighted by atomic mass is 9.78. The molecule has 1 unspecified atom stereocenters. The van der Waals surface area contributed by atoms with Crippen LogP contribution in [0.2, 0.25) is 0 Å². The van der Waals surface area contributed by atoms with Gasteiger partial charge in [0.15, 0.2) is 17.5 Å². The van der Waals surface area contributed by atoms with Crippen LogP contribution in [0.15, 0.2) is 237 Å². The van der Waals surface area contributed by atoms with Crippen molar-refractivity contribution in [2.24, 2.45) is 0 Å². The first-order chi connectivity index (χ1) is 37.5. The molecule has 0 N–H and O–H groups in total. The van der Waals surface area contributed by atoms with Crippen LogP contribution >= 0.6 is 11.3 Å². The molecule has 0 aliphatic heterocycles. The second-order valence-corrected chi connectivity index (χ2v) is 21.3. The van der Waals surface area contributed by atoms with Gasteiger partial charge in [0.1, 0.15) is 0 Å². The lowest BCUT2D eigenvalue weighted by Crippen LogP contribution is -2.08. The Labute approximate surface area is 443 Å². The molecule has 15 aromatic rings. The van der Waals surface area contributed by atoms with Crippen LogP contribution in [0.3, 0.4) is 0 Å². The number of para-hydroxylation sites is 2. The summed E-state index contributed by atoms with van der Waals surface area (Å²) in [6.07, 6.45) is 0.841. The van der Waals surface area contributed by atoms with Crippen LogP contribution < -0.4 is 0 Å². The van der Waals surface area contributed by atoms with Crippen molar-refractivity contribution in [2.45, 2.75) is 26.2 Å².